The van der Waals surface area contributed by atoms with Crippen LogP contribution in [0.5, 0.6) is 0 Å². The van der Waals surface area contributed by atoms with Crippen molar-refractivity contribution in [2.75, 3.05) is 6.54 Å². The number of carbonyl (C=O) groups is 1. The first-order valence-electron chi connectivity index (χ1n) is 5.11. The molecule has 1 aliphatic heterocycles. The molecule has 0 aliphatic carbocycles. The van der Waals surface area contributed by atoms with Crippen molar-refractivity contribution in [1.29, 1.82) is 0 Å². The lowest BCUT2D eigenvalue weighted by Gasteiger charge is -2.20. The topological polar surface area (TPSA) is 94.9 Å². The van der Waals surface area contributed by atoms with Gasteiger partial charge in [-0.15, -0.1) is 11.3 Å². The Hall–Kier alpha value is -0.000000000000000333. The summed E-state index contributed by atoms with van der Waals surface area (Å²) in [5, 5.41) is 18.6. The van der Waals surface area contributed by atoms with Gasteiger partial charge in [0.1, 0.15) is 10.9 Å². The number of aliphatic hydroxyl groups excluding tert-OH is 1. The molecular formula is C9H9Br2NO5S2. The van der Waals surface area contributed by atoms with E-state index in [1.807, 2.05) is 0 Å². The van der Waals surface area contributed by atoms with E-state index < -0.39 is 28.1 Å². The average Bonchev–Trinajstić information content (AvgIpc) is 2.82. The Labute approximate surface area is 130 Å². The number of sulfonamides is 1. The minimum absolute atomic E-state index is 0.00438. The predicted octanol–water partition coefficient (Wildman–Crippen LogP) is 1.48. The van der Waals surface area contributed by atoms with E-state index in [0.717, 1.165) is 4.31 Å². The van der Waals surface area contributed by atoms with Gasteiger partial charge in [0.15, 0.2) is 0 Å². The van der Waals surface area contributed by atoms with Crippen LogP contribution in [0.15, 0.2) is 18.5 Å². The molecule has 1 aromatic heterocycles. The average molecular weight is 435 g/mol. The molecule has 1 fully saturated rings. The summed E-state index contributed by atoms with van der Waals surface area (Å²) in [6.07, 6.45) is -1.06. The zero-order chi connectivity index (χ0) is 14.4. The van der Waals surface area contributed by atoms with Crippen LogP contribution in [-0.2, 0) is 14.8 Å². The van der Waals surface area contributed by atoms with Gasteiger partial charge in [-0.2, -0.15) is 4.31 Å². The maximum atomic E-state index is 12.4. The highest BCUT2D eigenvalue weighted by atomic mass is 79.9. The number of rotatable bonds is 3. The van der Waals surface area contributed by atoms with E-state index in [1.165, 1.54) is 17.4 Å². The van der Waals surface area contributed by atoms with E-state index in [4.69, 9.17) is 5.11 Å². The van der Waals surface area contributed by atoms with Gasteiger partial charge in [0.05, 0.1) is 13.7 Å². The van der Waals surface area contributed by atoms with Crippen molar-refractivity contribution in [2.45, 2.75) is 23.5 Å². The summed E-state index contributed by atoms with van der Waals surface area (Å²) in [4.78, 5) is 11.1. The number of hydrogen-bond donors (Lipinski definition) is 2. The van der Waals surface area contributed by atoms with E-state index in [1.54, 1.807) is 0 Å². The molecule has 1 saturated heterocycles. The van der Waals surface area contributed by atoms with Gasteiger partial charge in [-0.3, -0.25) is 4.79 Å². The number of β-amino-alcohol motifs (C(OH)–C–C–N with tert-alkyl or cyclic N) is 1. The number of aliphatic carboxylic acids is 1. The molecule has 0 saturated carbocycles. The van der Waals surface area contributed by atoms with E-state index in [2.05, 4.69) is 31.9 Å². The summed E-state index contributed by atoms with van der Waals surface area (Å²) < 4.78 is 26.7. The molecule has 0 spiro atoms. The van der Waals surface area contributed by atoms with Crippen LogP contribution in [0.2, 0.25) is 0 Å². The van der Waals surface area contributed by atoms with Crippen LogP contribution < -0.4 is 0 Å². The lowest BCUT2D eigenvalue weighted by molar-refractivity contribution is -0.140. The SMILES string of the molecule is O=C(O)[C@@H]1C[C@H](O)CN1S(=O)(=O)c1cc(Br)sc1Br. The number of halogens is 2. The summed E-state index contributed by atoms with van der Waals surface area (Å²) in [7, 11) is -3.95. The second-order valence-electron chi connectivity index (χ2n) is 4.01. The molecule has 19 heavy (non-hydrogen) atoms. The first-order valence-corrected chi connectivity index (χ1v) is 8.95. The molecule has 10 heteroatoms. The smallest absolute Gasteiger partial charge is 0.322 e. The Balaban J connectivity index is 2.44. The largest absolute Gasteiger partial charge is 0.480 e. The van der Waals surface area contributed by atoms with Gasteiger partial charge in [-0.05, 0) is 37.9 Å². The first kappa shape index (κ1) is 15.4. The van der Waals surface area contributed by atoms with Gasteiger partial charge >= 0.3 is 5.97 Å². The third-order valence-electron chi connectivity index (χ3n) is 2.73. The number of thiophene rings is 1. The van der Waals surface area contributed by atoms with Gasteiger partial charge in [0, 0.05) is 13.0 Å². The monoisotopic (exact) mass is 433 g/mol. The molecule has 0 aromatic carbocycles. The zero-order valence-electron chi connectivity index (χ0n) is 9.29. The van der Waals surface area contributed by atoms with Crippen molar-refractivity contribution in [2.24, 2.45) is 0 Å². The van der Waals surface area contributed by atoms with Crippen LogP contribution in [-0.4, -0.2) is 47.6 Å². The van der Waals surface area contributed by atoms with E-state index in [9.17, 15) is 18.3 Å². The summed E-state index contributed by atoms with van der Waals surface area (Å²) in [5.41, 5.74) is 0. The lowest BCUT2D eigenvalue weighted by Crippen LogP contribution is -2.40. The maximum absolute atomic E-state index is 12.4. The normalized spacial score (nSPS) is 24.8. The Morgan fingerprint density at radius 3 is 2.58 bits per heavy atom. The maximum Gasteiger partial charge on any atom is 0.322 e. The number of carboxylic acid groups (broad SMARTS) is 1. The number of aliphatic hydroxyl groups is 1. The summed E-state index contributed by atoms with van der Waals surface area (Å²) >= 11 is 7.51. The molecule has 0 unspecified atom stereocenters. The van der Waals surface area contributed by atoms with Gasteiger partial charge in [0.25, 0.3) is 0 Å². The van der Waals surface area contributed by atoms with Crippen LogP contribution >= 0.6 is 43.2 Å². The molecule has 2 rings (SSSR count). The number of carboxylic acids is 1. The van der Waals surface area contributed by atoms with Crippen LogP contribution in [0.3, 0.4) is 0 Å². The highest BCUT2D eigenvalue weighted by Gasteiger charge is 2.44. The zero-order valence-corrected chi connectivity index (χ0v) is 14.1. The third kappa shape index (κ3) is 2.88. The van der Waals surface area contributed by atoms with E-state index >= 15 is 0 Å². The van der Waals surface area contributed by atoms with Gasteiger partial charge < -0.3 is 10.2 Å². The Morgan fingerprint density at radius 2 is 2.11 bits per heavy atom. The highest BCUT2D eigenvalue weighted by Crippen LogP contribution is 2.38. The summed E-state index contributed by atoms with van der Waals surface area (Å²) in [5.74, 6) is -1.26. The summed E-state index contributed by atoms with van der Waals surface area (Å²) in [6, 6.07) is 0.179. The minimum Gasteiger partial charge on any atom is -0.480 e. The fraction of sp³-hybridized carbons (Fsp3) is 0.444. The van der Waals surface area contributed by atoms with Crippen LogP contribution in [0.1, 0.15) is 6.42 Å². The molecule has 0 bridgehead atoms. The van der Waals surface area contributed by atoms with Crippen molar-refractivity contribution in [1.82, 2.24) is 4.31 Å². The Morgan fingerprint density at radius 1 is 1.47 bits per heavy atom. The molecule has 6 nitrogen and oxygen atoms in total. The molecule has 106 valence electrons. The standard InChI is InChI=1S/C9H9Br2NO5S2/c10-7-2-6(8(11)18-7)19(16,17)12-3-4(13)1-5(12)9(14)15/h2,4-5,13H,1,3H2,(H,14,15)/t4-,5-/m0/s1. The first-order chi connectivity index (χ1) is 8.73. The molecule has 1 aliphatic rings. The highest BCUT2D eigenvalue weighted by molar-refractivity contribution is 9.12. The summed E-state index contributed by atoms with van der Waals surface area (Å²) in [6.45, 7) is -0.209. The second kappa shape index (κ2) is 5.41. The van der Waals surface area contributed by atoms with Crippen molar-refractivity contribution in [3.05, 3.63) is 13.6 Å². The Kier molecular flexibility index (Phi) is 4.38. The molecule has 1 aromatic rings. The molecule has 2 N–H and O–H groups in total. The Bertz CT molecular complexity index is 614. The van der Waals surface area contributed by atoms with Gasteiger partial charge in [-0.1, -0.05) is 0 Å². The van der Waals surface area contributed by atoms with Crippen molar-refractivity contribution >= 4 is 59.2 Å². The van der Waals surface area contributed by atoms with Crippen LogP contribution in [0.25, 0.3) is 0 Å². The fourth-order valence-corrected chi connectivity index (χ4v) is 7.30. The molecule has 2 atom stereocenters. The van der Waals surface area contributed by atoms with Crippen LogP contribution in [0.4, 0.5) is 0 Å². The second-order valence-corrected chi connectivity index (χ2v) is 9.62. The van der Waals surface area contributed by atoms with Crippen molar-refractivity contribution < 1.29 is 23.4 Å². The quantitative estimate of drug-likeness (QED) is 0.751. The fourth-order valence-electron chi connectivity index (χ4n) is 1.90. The van der Waals surface area contributed by atoms with Crippen molar-refractivity contribution in [3.8, 4) is 0 Å². The molecular weight excluding hydrogens is 426 g/mol. The van der Waals surface area contributed by atoms with E-state index in [-0.39, 0.29) is 17.9 Å². The molecule has 2 heterocycles. The number of hydrogen-bond acceptors (Lipinski definition) is 5. The molecule has 0 radical (unpaired) electrons. The lowest BCUT2D eigenvalue weighted by atomic mass is 10.2. The number of nitrogens with zero attached hydrogens (tertiary/aromatic N) is 1. The molecule has 0 amide bonds. The van der Waals surface area contributed by atoms with E-state index in [0.29, 0.717) is 7.57 Å². The third-order valence-corrected chi connectivity index (χ3v) is 7.36. The van der Waals surface area contributed by atoms with Crippen molar-refractivity contribution in [3.63, 3.8) is 0 Å². The van der Waals surface area contributed by atoms with Gasteiger partial charge in [0.2, 0.25) is 10.0 Å². The van der Waals surface area contributed by atoms with Crippen LogP contribution in [0, 0.1) is 0 Å². The minimum atomic E-state index is -3.95. The van der Waals surface area contributed by atoms with Gasteiger partial charge in [-0.25, -0.2) is 8.42 Å². The predicted molar refractivity (Wildman–Crippen MR) is 75.7 cm³/mol.